The second kappa shape index (κ2) is 5.83. The van der Waals surface area contributed by atoms with Crippen molar-refractivity contribution in [1.29, 1.82) is 0 Å². The van der Waals surface area contributed by atoms with E-state index < -0.39 is 11.9 Å². The Morgan fingerprint density at radius 2 is 1.11 bits per heavy atom. The van der Waals surface area contributed by atoms with Crippen molar-refractivity contribution in [1.82, 2.24) is 0 Å². The van der Waals surface area contributed by atoms with Crippen molar-refractivity contribution in [3.63, 3.8) is 0 Å². The molecular formula is C10H14O8. The molecule has 0 aromatic heterocycles. The van der Waals surface area contributed by atoms with Gasteiger partial charge in [-0.15, -0.1) is 0 Å². The van der Waals surface area contributed by atoms with Gasteiger partial charge in [-0.3, -0.25) is 9.59 Å². The van der Waals surface area contributed by atoms with Gasteiger partial charge in [-0.1, -0.05) is 0 Å². The number of hydrogen-bond donors (Lipinski definition) is 0. The minimum absolute atomic E-state index is 0.0128. The third-order valence-electron chi connectivity index (χ3n) is 2.36. The lowest BCUT2D eigenvalue weighted by Gasteiger charge is -2.23. The van der Waals surface area contributed by atoms with Crippen molar-refractivity contribution in [3.8, 4) is 0 Å². The standard InChI is InChI=1S/C10H14O8/c11-7-9(13-1-2-14-9)17-5-6-18-10(8-12)15-3-4-16-10/h7-8H,1-6H2. The Labute approximate surface area is 103 Å². The van der Waals surface area contributed by atoms with E-state index in [-0.39, 0.29) is 39.6 Å². The number of aldehydes is 2. The van der Waals surface area contributed by atoms with Crippen LogP contribution < -0.4 is 0 Å². The highest BCUT2D eigenvalue weighted by molar-refractivity contribution is 5.58. The second-order valence-electron chi connectivity index (χ2n) is 3.53. The van der Waals surface area contributed by atoms with Crippen molar-refractivity contribution < 1.29 is 38.0 Å². The number of carbonyl (C=O) groups excluding carboxylic acids is 2. The van der Waals surface area contributed by atoms with Gasteiger partial charge in [0.05, 0.1) is 39.6 Å². The molecule has 2 heterocycles. The van der Waals surface area contributed by atoms with Crippen LogP contribution in [0.25, 0.3) is 0 Å². The molecule has 0 atom stereocenters. The molecule has 0 spiro atoms. The minimum atomic E-state index is -1.66. The molecule has 0 N–H and O–H groups in total. The lowest BCUT2D eigenvalue weighted by molar-refractivity contribution is -0.324. The van der Waals surface area contributed by atoms with E-state index in [2.05, 4.69) is 0 Å². The zero-order chi connectivity index (χ0) is 12.9. The molecule has 0 aliphatic carbocycles. The SMILES string of the molecule is O=CC1(OCCOC2(C=O)OCCO2)OCCO1. The number of carbonyl (C=O) groups is 2. The van der Waals surface area contributed by atoms with Crippen molar-refractivity contribution in [3.05, 3.63) is 0 Å². The Kier molecular flexibility index (Phi) is 4.38. The molecular weight excluding hydrogens is 248 g/mol. The molecule has 0 bridgehead atoms. The van der Waals surface area contributed by atoms with Gasteiger partial charge < -0.3 is 28.4 Å². The van der Waals surface area contributed by atoms with Crippen molar-refractivity contribution >= 4 is 12.6 Å². The highest BCUT2D eigenvalue weighted by Gasteiger charge is 2.40. The topological polar surface area (TPSA) is 89.5 Å². The smallest absolute Gasteiger partial charge is 0.319 e. The molecule has 0 saturated carbocycles. The van der Waals surface area contributed by atoms with Gasteiger partial charge in [-0.2, -0.15) is 0 Å². The molecule has 2 fully saturated rings. The highest BCUT2D eigenvalue weighted by atomic mass is 16.9. The third-order valence-corrected chi connectivity index (χ3v) is 2.36. The van der Waals surface area contributed by atoms with E-state index >= 15 is 0 Å². The van der Waals surface area contributed by atoms with Crippen LogP contribution in [0.15, 0.2) is 0 Å². The van der Waals surface area contributed by atoms with E-state index in [4.69, 9.17) is 28.4 Å². The van der Waals surface area contributed by atoms with Crippen LogP contribution in [-0.2, 0) is 38.0 Å². The summed E-state index contributed by atoms with van der Waals surface area (Å²) in [5, 5.41) is 0. The fourth-order valence-electron chi connectivity index (χ4n) is 1.56. The molecule has 0 aromatic rings. The quantitative estimate of drug-likeness (QED) is 0.418. The van der Waals surface area contributed by atoms with Gasteiger partial charge in [0.2, 0.25) is 12.6 Å². The first-order valence-electron chi connectivity index (χ1n) is 5.51. The van der Waals surface area contributed by atoms with Crippen LogP contribution in [0.4, 0.5) is 0 Å². The van der Waals surface area contributed by atoms with Gasteiger partial charge in [-0.05, 0) is 0 Å². The summed E-state index contributed by atoms with van der Waals surface area (Å²) in [6.07, 6.45) is 0.857. The Morgan fingerprint density at radius 3 is 1.39 bits per heavy atom. The largest absolute Gasteiger partial charge is 0.343 e. The van der Waals surface area contributed by atoms with Gasteiger partial charge in [-0.25, -0.2) is 0 Å². The summed E-state index contributed by atoms with van der Waals surface area (Å²) < 4.78 is 30.3. The second-order valence-corrected chi connectivity index (χ2v) is 3.53. The van der Waals surface area contributed by atoms with Gasteiger partial charge in [0.1, 0.15) is 0 Å². The molecule has 0 radical (unpaired) electrons. The van der Waals surface area contributed by atoms with E-state index in [9.17, 15) is 9.59 Å². The normalized spacial score (nSPS) is 25.1. The van der Waals surface area contributed by atoms with Crippen LogP contribution in [0.3, 0.4) is 0 Å². The average Bonchev–Trinajstić information content (AvgIpc) is 3.06. The zero-order valence-electron chi connectivity index (χ0n) is 9.66. The van der Waals surface area contributed by atoms with Crippen LogP contribution in [0.1, 0.15) is 0 Å². The summed E-state index contributed by atoms with van der Waals surface area (Å²) in [6.45, 7) is 1.10. The number of hydrogen-bond acceptors (Lipinski definition) is 8. The Bertz CT molecular complexity index is 262. The monoisotopic (exact) mass is 262 g/mol. The highest BCUT2D eigenvalue weighted by Crippen LogP contribution is 2.20. The summed E-state index contributed by atoms with van der Waals surface area (Å²) >= 11 is 0. The number of rotatable bonds is 7. The zero-order valence-corrected chi connectivity index (χ0v) is 9.66. The van der Waals surface area contributed by atoms with E-state index in [1.807, 2.05) is 0 Å². The predicted molar refractivity (Wildman–Crippen MR) is 53.3 cm³/mol. The van der Waals surface area contributed by atoms with Crippen LogP contribution >= 0.6 is 0 Å². The number of ether oxygens (including phenoxy) is 6. The average molecular weight is 262 g/mol. The summed E-state index contributed by atoms with van der Waals surface area (Å²) in [5.41, 5.74) is 0. The van der Waals surface area contributed by atoms with Crippen LogP contribution in [0.5, 0.6) is 0 Å². The molecule has 2 rings (SSSR count). The van der Waals surface area contributed by atoms with Crippen molar-refractivity contribution in [2.24, 2.45) is 0 Å². The summed E-state index contributed by atoms with van der Waals surface area (Å²) in [7, 11) is 0. The molecule has 8 nitrogen and oxygen atoms in total. The molecule has 102 valence electrons. The predicted octanol–water partition coefficient (Wildman–Crippen LogP) is -1.18. The lowest BCUT2D eigenvalue weighted by atomic mass is 10.6. The molecule has 0 aromatic carbocycles. The fourth-order valence-corrected chi connectivity index (χ4v) is 1.56. The van der Waals surface area contributed by atoms with Crippen LogP contribution in [0, 0.1) is 0 Å². The molecule has 2 aliphatic heterocycles. The maximum atomic E-state index is 10.8. The van der Waals surface area contributed by atoms with E-state index in [0.29, 0.717) is 12.6 Å². The molecule has 2 aliphatic rings. The lowest BCUT2D eigenvalue weighted by Crippen LogP contribution is -2.40. The fraction of sp³-hybridized carbons (Fsp3) is 0.800. The Morgan fingerprint density at radius 1 is 0.778 bits per heavy atom. The summed E-state index contributed by atoms with van der Waals surface area (Å²) in [4.78, 5) is 21.6. The first kappa shape index (κ1) is 13.5. The molecule has 8 heteroatoms. The molecule has 0 amide bonds. The molecule has 2 saturated heterocycles. The Balaban J connectivity index is 1.72. The van der Waals surface area contributed by atoms with E-state index in [1.54, 1.807) is 0 Å². The first-order chi connectivity index (χ1) is 8.74. The molecule has 18 heavy (non-hydrogen) atoms. The van der Waals surface area contributed by atoms with Gasteiger partial charge in [0, 0.05) is 0 Å². The van der Waals surface area contributed by atoms with Crippen LogP contribution in [-0.4, -0.2) is 64.2 Å². The summed E-state index contributed by atoms with van der Waals surface area (Å²) in [5.74, 6) is -3.32. The van der Waals surface area contributed by atoms with Gasteiger partial charge >= 0.3 is 11.9 Å². The van der Waals surface area contributed by atoms with E-state index in [1.165, 1.54) is 0 Å². The van der Waals surface area contributed by atoms with Gasteiger partial charge in [0.15, 0.2) is 0 Å². The Hall–Kier alpha value is -0.900. The van der Waals surface area contributed by atoms with E-state index in [0.717, 1.165) is 0 Å². The van der Waals surface area contributed by atoms with Gasteiger partial charge in [0.25, 0.3) is 0 Å². The minimum Gasteiger partial charge on any atom is -0.319 e. The summed E-state index contributed by atoms with van der Waals surface area (Å²) in [6, 6.07) is 0. The maximum absolute atomic E-state index is 10.8. The van der Waals surface area contributed by atoms with Crippen LogP contribution in [0.2, 0.25) is 0 Å². The first-order valence-corrected chi connectivity index (χ1v) is 5.51. The maximum Gasteiger partial charge on any atom is 0.343 e. The third kappa shape index (κ3) is 2.91. The molecule has 0 unspecified atom stereocenters. The van der Waals surface area contributed by atoms with Crippen molar-refractivity contribution in [2.45, 2.75) is 11.9 Å². The van der Waals surface area contributed by atoms with Crippen molar-refractivity contribution in [2.75, 3.05) is 39.6 Å².